The van der Waals surface area contributed by atoms with Crippen LogP contribution in [0.3, 0.4) is 0 Å². The van der Waals surface area contributed by atoms with E-state index in [1.54, 1.807) is 38.2 Å². The molecule has 34 heavy (non-hydrogen) atoms. The molecule has 182 valence electrons. The number of alkyl halides is 3. The van der Waals surface area contributed by atoms with E-state index in [9.17, 15) is 26.4 Å². The van der Waals surface area contributed by atoms with Crippen LogP contribution in [0.2, 0.25) is 0 Å². The van der Waals surface area contributed by atoms with E-state index in [2.05, 4.69) is 10.1 Å². The van der Waals surface area contributed by atoms with E-state index in [-0.39, 0.29) is 27.6 Å². The average Bonchev–Trinajstić information content (AvgIpc) is 3.49. The highest BCUT2D eigenvalue weighted by atomic mass is 32.2. The first-order chi connectivity index (χ1) is 15.8. The third-order valence-electron chi connectivity index (χ3n) is 5.61. The summed E-state index contributed by atoms with van der Waals surface area (Å²) in [6, 6.07) is 5.01. The van der Waals surface area contributed by atoms with E-state index < -0.39 is 33.4 Å². The van der Waals surface area contributed by atoms with Crippen molar-refractivity contribution in [1.29, 1.82) is 0 Å². The van der Waals surface area contributed by atoms with E-state index >= 15 is 0 Å². The fraction of sp³-hybridized carbons (Fsp3) is 0.409. The van der Waals surface area contributed by atoms with Crippen LogP contribution in [0.5, 0.6) is 0 Å². The number of imidazole rings is 1. The van der Waals surface area contributed by atoms with Gasteiger partial charge in [-0.05, 0) is 31.4 Å². The van der Waals surface area contributed by atoms with Crippen molar-refractivity contribution >= 4 is 21.2 Å². The van der Waals surface area contributed by atoms with Crippen molar-refractivity contribution in [2.45, 2.75) is 43.8 Å². The molecule has 1 fully saturated rings. The lowest BCUT2D eigenvalue weighted by molar-refractivity contribution is -0.144. The molecule has 0 amide bonds. The second-order valence-corrected chi connectivity index (χ2v) is 10.7. The van der Waals surface area contributed by atoms with Gasteiger partial charge in [0.1, 0.15) is 11.3 Å². The number of halogens is 3. The minimum atomic E-state index is -4.72. The Kier molecular flexibility index (Phi) is 5.83. The summed E-state index contributed by atoms with van der Waals surface area (Å²) < 4.78 is 68.6. The van der Waals surface area contributed by atoms with Crippen LogP contribution in [0.25, 0.3) is 16.9 Å². The normalized spacial score (nSPS) is 15.2. The summed E-state index contributed by atoms with van der Waals surface area (Å²) in [4.78, 5) is 17.1. The Labute approximate surface area is 194 Å². The molecule has 0 bridgehead atoms. The highest BCUT2D eigenvalue weighted by Gasteiger charge is 2.40. The van der Waals surface area contributed by atoms with Crippen molar-refractivity contribution in [3.8, 4) is 11.3 Å². The Morgan fingerprint density at radius 3 is 2.47 bits per heavy atom. The van der Waals surface area contributed by atoms with Gasteiger partial charge in [0.15, 0.2) is 9.84 Å². The van der Waals surface area contributed by atoms with Crippen LogP contribution < -0.4 is 5.69 Å². The molecule has 0 spiro atoms. The molecular formula is C22H24F3N5O3S. The second-order valence-electron chi connectivity index (χ2n) is 8.41. The summed E-state index contributed by atoms with van der Waals surface area (Å²) in [6.07, 6.45) is -2.45. The van der Waals surface area contributed by atoms with Crippen molar-refractivity contribution in [2.75, 3.05) is 19.8 Å². The fourth-order valence-corrected chi connectivity index (χ4v) is 4.95. The highest BCUT2D eigenvalue weighted by molar-refractivity contribution is 7.91. The Morgan fingerprint density at radius 2 is 1.91 bits per heavy atom. The molecule has 0 aliphatic heterocycles. The van der Waals surface area contributed by atoms with Crippen molar-refractivity contribution in [3.63, 3.8) is 0 Å². The third kappa shape index (κ3) is 4.33. The lowest BCUT2D eigenvalue weighted by Crippen LogP contribution is -2.31. The molecule has 1 aliphatic rings. The van der Waals surface area contributed by atoms with Gasteiger partial charge in [-0.25, -0.2) is 18.2 Å². The van der Waals surface area contributed by atoms with Gasteiger partial charge in [0.25, 0.3) is 0 Å². The van der Waals surface area contributed by atoms with Crippen molar-refractivity contribution < 1.29 is 21.6 Å². The minimum Gasteiger partial charge on any atom is -0.303 e. The van der Waals surface area contributed by atoms with Crippen LogP contribution >= 0.6 is 0 Å². The molecule has 8 nitrogen and oxygen atoms in total. The van der Waals surface area contributed by atoms with Gasteiger partial charge in [0.05, 0.1) is 22.1 Å². The predicted molar refractivity (Wildman–Crippen MR) is 122 cm³/mol. The average molecular weight is 496 g/mol. The van der Waals surface area contributed by atoms with E-state index in [1.807, 2.05) is 0 Å². The zero-order chi connectivity index (χ0) is 25.0. The Hall–Kier alpha value is -3.15. The molecule has 4 rings (SSSR count). The first-order valence-electron chi connectivity index (χ1n) is 10.7. The van der Waals surface area contributed by atoms with Gasteiger partial charge in [0, 0.05) is 38.0 Å². The molecule has 1 saturated carbocycles. The maximum Gasteiger partial charge on any atom is 0.431 e. The van der Waals surface area contributed by atoms with Crippen LogP contribution in [0.15, 0.2) is 45.3 Å². The summed E-state index contributed by atoms with van der Waals surface area (Å²) in [7, 11) is -0.257. The van der Waals surface area contributed by atoms with Crippen LogP contribution in [-0.4, -0.2) is 52.9 Å². The number of nitrogens with zero attached hydrogens (tertiary/aromatic N) is 5. The number of aromatic nitrogens is 3. The molecule has 3 aromatic rings. The molecule has 12 heteroatoms. The number of benzene rings is 1. The van der Waals surface area contributed by atoms with Gasteiger partial charge in [-0.3, -0.25) is 8.97 Å². The third-order valence-corrected chi connectivity index (χ3v) is 7.38. The number of fused-ring (bicyclic) bond motifs is 1. The lowest BCUT2D eigenvalue weighted by Gasteiger charge is -2.14. The molecule has 0 N–H and O–H groups in total. The molecule has 0 unspecified atom stereocenters. The van der Waals surface area contributed by atoms with Gasteiger partial charge >= 0.3 is 11.9 Å². The van der Waals surface area contributed by atoms with E-state index in [0.717, 1.165) is 15.0 Å². The van der Waals surface area contributed by atoms with Gasteiger partial charge in [-0.2, -0.15) is 18.3 Å². The standard InChI is InChI=1S/C22H24F3N5O3S/c1-5-34(32,33)18-10-14(13(2)27-28(3)4)6-9-16(18)17-12-29-20(26-17)11-19(22(23,24)25)30(21(29)31)15-7-8-15/h6,9-12,15H,5,7-8H2,1-4H3/b27-13+. The van der Waals surface area contributed by atoms with E-state index in [0.29, 0.717) is 24.1 Å². The Balaban J connectivity index is 1.95. The quantitative estimate of drug-likeness (QED) is 0.385. The lowest BCUT2D eigenvalue weighted by atomic mass is 10.1. The minimum absolute atomic E-state index is 0.0252. The fourth-order valence-electron chi connectivity index (χ4n) is 3.82. The van der Waals surface area contributed by atoms with Crippen LogP contribution in [-0.2, 0) is 16.0 Å². The number of hydrogen-bond donors (Lipinski definition) is 0. The first-order valence-corrected chi connectivity index (χ1v) is 12.3. The van der Waals surface area contributed by atoms with Crippen molar-refractivity contribution in [1.82, 2.24) is 19.0 Å². The SMILES string of the molecule is CCS(=O)(=O)c1cc(/C(C)=N/N(C)C)ccc1-c1cn2c(=O)n(C3CC3)c(C(F)(F)F)cc2n1. The van der Waals surface area contributed by atoms with Crippen molar-refractivity contribution in [3.05, 3.63) is 52.2 Å². The van der Waals surface area contributed by atoms with Gasteiger partial charge < -0.3 is 5.01 Å². The second kappa shape index (κ2) is 8.26. The molecule has 1 aromatic carbocycles. The zero-order valence-electron chi connectivity index (χ0n) is 19.1. The zero-order valence-corrected chi connectivity index (χ0v) is 19.9. The summed E-state index contributed by atoms with van der Waals surface area (Å²) >= 11 is 0. The molecule has 0 radical (unpaired) electrons. The van der Waals surface area contributed by atoms with Gasteiger partial charge in [0.2, 0.25) is 0 Å². The molecule has 0 atom stereocenters. The smallest absolute Gasteiger partial charge is 0.303 e. The molecule has 2 aromatic heterocycles. The first kappa shape index (κ1) is 24.0. The molecule has 2 heterocycles. The van der Waals surface area contributed by atoms with E-state index in [1.165, 1.54) is 19.2 Å². The van der Waals surface area contributed by atoms with Gasteiger partial charge in [-0.15, -0.1) is 0 Å². The molecule has 1 aliphatic carbocycles. The monoisotopic (exact) mass is 495 g/mol. The molecular weight excluding hydrogens is 471 g/mol. The predicted octanol–water partition coefficient (Wildman–Crippen LogP) is 3.60. The summed E-state index contributed by atoms with van der Waals surface area (Å²) in [5.41, 5.74) is -0.644. The maximum atomic E-state index is 13.7. The number of rotatable bonds is 6. The number of hydrogen-bond acceptors (Lipinski definition) is 6. The summed E-state index contributed by atoms with van der Waals surface area (Å²) in [5.74, 6) is -0.187. The van der Waals surface area contributed by atoms with Crippen LogP contribution in [0, 0.1) is 0 Å². The summed E-state index contributed by atoms with van der Waals surface area (Å²) in [5, 5.41) is 5.88. The Morgan fingerprint density at radius 1 is 1.24 bits per heavy atom. The van der Waals surface area contributed by atoms with Gasteiger partial charge in [-0.1, -0.05) is 19.1 Å². The number of sulfone groups is 1. The van der Waals surface area contributed by atoms with Crippen LogP contribution in [0.4, 0.5) is 13.2 Å². The molecule has 0 saturated heterocycles. The topological polar surface area (TPSA) is 89.0 Å². The largest absolute Gasteiger partial charge is 0.431 e. The Bertz CT molecular complexity index is 1470. The number of hydrazone groups is 1. The van der Waals surface area contributed by atoms with Crippen molar-refractivity contribution in [2.24, 2.45) is 5.10 Å². The highest BCUT2D eigenvalue weighted by Crippen LogP contribution is 2.39. The summed E-state index contributed by atoms with van der Waals surface area (Å²) in [6.45, 7) is 3.24. The van der Waals surface area contributed by atoms with E-state index in [4.69, 9.17) is 0 Å². The van der Waals surface area contributed by atoms with Crippen LogP contribution in [0.1, 0.15) is 44.0 Å². The maximum absolute atomic E-state index is 13.7.